The van der Waals surface area contributed by atoms with Crippen LogP contribution in [0.3, 0.4) is 0 Å². The van der Waals surface area contributed by atoms with E-state index in [2.05, 4.69) is 20.6 Å². The van der Waals surface area contributed by atoms with E-state index < -0.39 is 12.7 Å². The van der Waals surface area contributed by atoms with Crippen molar-refractivity contribution in [3.05, 3.63) is 23.9 Å². The normalized spacial score (nSPS) is 19.4. The van der Waals surface area contributed by atoms with Gasteiger partial charge in [0.25, 0.3) is 0 Å². The minimum absolute atomic E-state index is 0.0486. The summed E-state index contributed by atoms with van der Waals surface area (Å²) in [5, 5.41) is 6.29. The molecule has 1 unspecified atom stereocenters. The van der Waals surface area contributed by atoms with Crippen LogP contribution in [0.25, 0.3) is 0 Å². The number of nitrogens with one attached hydrogen (secondary N) is 2. The minimum Gasteiger partial charge on any atom is -0.481 e. The summed E-state index contributed by atoms with van der Waals surface area (Å²) < 4.78 is 42.2. The van der Waals surface area contributed by atoms with Crippen LogP contribution in [-0.2, 0) is 6.54 Å². The number of halogens is 3. The number of aromatic nitrogens is 1. The molecule has 1 saturated heterocycles. The van der Waals surface area contributed by atoms with Gasteiger partial charge in [0, 0.05) is 45.0 Å². The van der Waals surface area contributed by atoms with Crippen LogP contribution in [-0.4, -0.2) is 61.9 Å². The predicted octanol–water partition coefficient (Wildman–Crippen LogP) is 1.39. The van der Waals surface area contributed by atoms with Gasteiger partial charge in [-0.1, -0.05) is 6.07 Å². The van der Waals surface area contributed by atoms with E-state index in [-0.39, 0.29) is 6.04 Å². The number of pyridine rings is 1. The Morgan fingerprint density at radius 1 is 1.46 bits per heavy atom. The standard InChI is InChI=1S/C15H22F3N5O/c1-19-14(21-8-11-3-4-13(24-2)20-7-11)22-12-5-6-23(9-12)10-15(16,17)18/h3-4,7,12H,5-6,8-10H2,1-2H3,(H2,19,21,22). The summed E-state index contributed by atoms with van der Waals surface area (Å²) in [4.78, 5) is 9.62. The summed E-state index contributed by atoms with van der Waals surface area (Å²) in [5.74, 6) is 1.10. The van der Waals surface area contributed by atoms with Crippen LogP contribution in [0.2, 0.25) is 0 Å². The van der Waals surface area contributed by atoms with Crippen LogP contribution in [0.4, 0.5) is 13.2 Å². The second-order valence-electron chi connectivity index (χ2n) is 5.61. The molecule has 1 aliphatic rings. The Hall–Kier alpha value is -2.03. The molecule has 0 spiro atoms. The first-order valence-corrected chi connectivity index (χ1v) is 7.65. The molecule has 2 N–H and O–H groups in total. The van der Waals surface area contributed by atoms with E-state index in [1.54, 1.807) is 26.4 Å². The SMILES string of the molecule is CN=C(NCc1ccc(OC)nc1)NC1CCN(CC(F)(F)F)C1. The zero-order valence-electron chi connectivity index (χ0n) is 13.7. The molecular formula is C15H22F3N5O. The lowest BCUT2D eigenvalue weighted by Crippen LogP contribution is -2.44. The van der Waals surface area contributed by atoms with Gasteiger partial charge in [0.1, 0.15) is 0 Å². The van der Waals surface area contributed by atoms with Crippen molar-refractivity contribution in [2.45, 2.75) is 25.2 Å². The molecule has 0 amide bonds. The van der Waals surface area contributed by atoms with E-state index in [0.29, 0.717) is 37.9 Å². The van der Waals surface area contributed by atoms with E-state index in [0.717, 1.165) is 5.56 Å². The molecule has 1 aliphatic heterocycles. The van der Waals surface area contributed by atoms with Crippen LogP contribution < -0.4 is 15.4 Å². The Kier molecular flexibility index (Phi) is 6.24. The van der Waals surface area contributed by atoms with Crippen molar-refractivity contribution in [2.75, 3.05) is 33.8 Å². The van der Waals surface area contributed by atoms with Crippen LogP contribution >= 0.6 is 0 Å². The zero-order valence-corrected chi connectivity index (χ0v) is 13.7. The van der Waals surface area contributed by atoms with E-state index in [1.165, 1.54) is 4.90 Å². The van der Waals surface area contributed by atoms with Crippen molar-refractivity contribution in [3.63, 3.8) is 0 Å². The summed E-state index contributed by atoms with van der Waals surface area (Å²) in [6, 6.07) is 3.60. The number of methoxy groups -OCH3 is 1. The smallest absolute Gasteiger partial charge is 0.401 e. The average molecular weight is 345 g/mol. The molecule has 1 fully saturated rings. The Morgan fingerprint density at radius 2 is 2.25 bits per heavy atom. The summed E-state index contributed by atoms with van der Waals surface area (Å²) in [7, 11) is 3.18. The lowest BCUT2D eigenvalue weighted by atomic mass is 10.2. The molecule has 0 saturated carbocycles. The fourth-order valence-electron chi connectivity index (χ4n) is 2.56. The van der Waals surface area contributed by atoms with Gasteiger partial charge in [0.15, 0.2) is 5.96 Å². The first-order chi connectivity index (χ1) is 11.4. The van der Waals surface area contributed by atoms with E-state index >= 15 is 0 Å². The first-order valence-electron chi connectivity index (χ1n) is 7.65. The van der Waals surface area contributed by atoms with Gasteiger partial charge in [-0.05, 0) is 12.0 Å². The molecule has 0 bridgehead atoms. The maximum absolute atomic E-state index is 12.4. The highest BCUT2D eigenvalue weighted by Crippen LogP contribution is 2.19. The van der Waals surface area contributed by atoms with Gasteiger partial charge in [-0.25, -0.2) is 4.98 Å². The number of rotatable bonds is 5. The third kappa shape index (κ3) is 5.88. The Bertz CT molecular complexity index is 547. The molecule has 0 aliphatic carbocycles. The summed E-state index contributed by atoms with van der Waals surface area (Å²) in [5.41, 5.74) is 0.948. The maximum Gasteiger partial charge on any atom is 0.401 e. The summed E-state index contributed by atoms with van der Waals surface area (Å²) >= 11 is 0. The average Bonchev–Trinajstić information content (AvgIpc) is 2.96. The topological polar surface area (TPSA) is 61.8 Å². The van der Waals surface area contributed by atoms with Crippen molar-refractivity contribution < 1.29 is 17.9 Å². The van der Waals surface area contributed by atoms with Crippen molar-refractivity contribution in [1.82, 2.24) is 20.5 Å². The Balaban J connectivity index is 1.78. The highest BCUT2D eigenvalue weighted by molar-refractivity contribution is 5.80. The second kappa shape index (κ2) is 8.18. The van der Waals surface area contributed by atoms with Crippen LogP contribution in [0.15, 0.2) is 23.3 Å². The maximum atomic E-state index is 12.4. The van der Waals surface area contributed by atoms with Gasteiger partial charge in [0.2, 0.25) is 5.88 Å². The number of ether oxygens (including phenoxy) is 1. The molecule has 2 rings (SSSR count). The molecule has 6 nitrogen and oxygen atoms in total. The van der Waals surface area contributed by atoms with Gasteiger partial charge in [-0.2, -0.15) is 13.2 Å². The van der Waals surface area contributed by atoms with E-state index in [1.807, 2.05) is 6.07 Å². The lowest BCUT2D eigenvalue weighted by molar-refractivity contribution is -0.143. The van der Waals surface area contributed by atoms with Gasteiger partial charge < -0.3 is 15.4 Å². The Labute approximate surface area is 139 Å². The fraction of sp³-hybridized carbons (Fsp3) is 0.600. The first kappa shape index (κ1) is 18.3. The van der Waals surface area contributed by atoms with Crippen molar-refractivity contribution in [1.29, 1.82) is 0 Å². The third-order valence-electron chi connectivity index (χ3n) is 3.71. The molecule has 0 aromatic carbocycles. The minimum atomic E-state index is -4.16. The zero-order chi connectivity index (χ0) is 17.6. The molecule has 134 valence electrons. The van der Waals surface area contributed by atoms with Crippen molar-refractivity contribution >= 4 is 5.96 Å². The lowest BCUT2D eigenvalue weighted by Gasteiger charge is -2.19. The number of nitrogens with zero attached hydrogens (tertiary/aromatic N) is 3. The van der Waals surface area contributed by atoms with Crippen LogP contribution in [0.1, 0.15) is 12.0 Å². The summed E-state index contributed by atoms with van der Waals surface area (Å²) in [6.45, 7) is 0.422. The molecule has 24 heavy (non-hydrogen) atoms. The van der Waals surface area contributed by atoms with Crippen molar-refractivity contribution in [2.24, 2.45) is 4.99 Å². The highest BCUT2D eigenvalue weighted by atomic mass is 19.4. The number of guanidine groups is 1. The molecule has 1 atom stereocenters. The monoisotopic (exact) mass is 345 g/mol. The fourth-order valence-corrected chi connectivity index (χ4v) is 2.56. The third-order valence-corrected chi connectivity index (χ3v) is 3.71. The summed E-state index contributed by atoms with van der Waals surface area (Å²) in [6.07, 6.45) is -1.81. The van der Waals surface area contributed by atoms with Crippen molar-refractivity contribution in [3.8, 4) is 5.88 Å². The number of hydrogen-bond donors (Lipinski definition) is 2. The molecule has 2 heterocycles. The molecule has 9 heteroatoms. The van der Waals surface area contributed by atoms with Gasteiger partial charge in [0.05, 0.1) is 13.7 Å². The Morgan fingerprint density at radius 3 is 2.83 bits per heavy atom. The second-order valence-corrected chi connectivity index (χ2v) is 5.61. The number of aliphatic imine (C=N–C) groups is 1. The largest absolute Gasteiger partial charge is 0.481 e. The van der Waals surface area contributed by atoms with Gasteiger partial charge >= 0.3 is 6.18 Å². The molecule has 0 radical (unpaired) electrons. The predicted molar refractivity (Wildman–Crippen MR) is 85.0 cm³/mol. The quantitative estimate of drug-likeness (QED) is 0.624. The number of hydrogen-bond acceptors (Lipinski definition) is 4. The molecule has 1 aromatic rings. The van der Waals surface area contributed by atoms with E-state index in [9.17, 15) is 13.2 Å². The number of alkyl halides is 3. The van der Waals surface area contributed by atoms with Gasteiger partial charge in [-0.15, -0.1) is 0 Å². The number of likely N-dealkylation sites (tertiary alicyclic amines) is 1. The van der Waals surface area contributed by atoms with Gasteiger partial charge in [-0.3, -0.25) is 9.89 Å². The van der Waals surface area contributed by atoms with Crippen LogP contribution in [0, 0.1) is 0 Å². The molecule has 1 aromatic heterocycles. The van der Waals surface area contributed by atoms with Crippen LogP contribution in [0.5, 0.6) is 5.88 Å². The highest BCUT2D eigenvalue weighted by Gasteiger charge is 2.34. The van der Waals surface area contributed by atoms with E-state index in [4.69, 9.17) is 4.74 Å². The molecular weight excluding hydrogens is 323 g/mol.